The van der Waals surface area contributed by atoms with Crippen molar-refractivity contribution in [3.63, 3.8) is 0 Å². The van der Waals surface area contributed by atoms with Crippen molar-refractivity contribution in [2.45, 2.75) is 93.9 Å². The number of hydrogen-bond acceptors (Lipinski definition) is 2. The van der Waals surface area contributed by atoms with Crippen LogP contribution in [0.15, 0.2) is 24.3 Å². The molecule has 0 saturated heterocycles. The number of hydrogen-bond donors (Lipinski definition) is 2. The van der Waals surface area contributed by atoms with Crippen molar-refractivity contribution < 1.29 is 10.2 Å². The predicted octanol–water partition coefficient (Wildman–Crippen LogP) is 6.88. The van der Waals surface area contributed by atoms with Crippen LogP contribution >= 0.6 is 0 Å². The Balaban J connectivity index is 0.000000477. The van der Waals surface area contributed by atoms with Crippen molar-refractivity contribution in [2.75, 3.05) is 13.2 Å². The molecule has 0 aliphatic heterocycles. The van der Waals surface area contributed by atoms with Crippen LogP contribution in [0.5, 0.6) is 0 Å². The largest absolute Gasteiger partial charge is 0.396 e. The number of rotatable bonds is 7. The average Bonchev–Trinajstić information content (AvgIpc) is 2.73. The Morgan fingerprint density at radius 3 is 1.13 bits per heavy atom. The fourth-order valence-corrected chi connectivity index (χ4v) is 3.20. The van der Waals surface area contributed by atoms with E-state index in [9.17, 15) is 0 Å². The minimum Gasteiger partial charge on any atom is -0.396 e. The summed E-state index contributed by atoms with van der Waals surface area (Å²) in [4.78, 5) is 0. The van der Waals surface area contributed by atoms with Crippen LogP contribution in [0.3, 0.4) is 0 Å². The van der Waals surface area contributed by atoms with E-state index in [-0.39, 0.29) is 6.61 Å². The summed E-state index contributed by atoms with van der Waals surface area (Å²) in [7, 11) is 0. The fourth-order valence-electron chi connectivity index (χ4n) is 3.20. The maximum absolute atomic E-state index is 8.72. The van der Waals surface area contributed by atoms with Crippen molar-refractivity contribution in [1.82, 2.24) is 0 Å². The van der Waals surface area contributed by atoms with Gasteiger partial charge in [-0.15, -0.1) is 0 Å². The first-order valence-electron chi connectivity index (χ1n) is 11.6. The monoisotopic (exact) mass is 414 g/mol. The first-order chi connectivity index (χ1) is 14.2. The van der Waals surface area contributed by atoms with Gasteiger partial charge in [0.15, 0.2) is 0 Å². The molecule has 2 heteroatoms. The van der Waals surface area contributed by atoms with Gasteiger partial charge in [0.25, 0.3) is 0 Å². The van der Waals surface area contributed by atoms with Crippen LogP contribution in [0.25, 0.3) is 0 Å². The Morgan fingerprint density at radius 1 is 0.533 bits per heavy atom. The van der Waals surface area contributed by atoms with E-state index in [1.165, 1.54) is 63.8 Å². The molecule has 0 heterocycles. The molecule has 2 aromatic rings. The maximum atomic E-state index is 8.72. The molecule has 2 rings (SSSR count). The summed E-state index contributed by atoms with van der Waals surface area (Å²) < 4.78 is 0. The number of unbranched alkanes of at least 4 members (excludes halogenated alkanes) is 1. The Kier molecular flexibility index (Phi) is 15.2. The smallest absolute Gasteiger partial charge is 0.0434 e. The second kappa shape index (κ2) is 16.1. The molecule has 0 aliphatic carbocycles. The van der Waals surface area contributed by atoms with Crippen LogP contribution in [0, 0.1) is 41.5 Å². The van der Waals surface area contributed by atoms with E-state index in [2.05, 4.69) is 72.7 Å². The minimum atomic E-state index is 0.284. The van der Waals surface area contributed by atoms with Crippen LogP contribution in [-0.4, -0.2) is 23.4 Å². The van der Waals surface area contributed by atoms with E-state index in [0.29, 0.717) is 6.61 Å². The molecule has 170 valence electrons. The van der Waals surface area contributed by atoms with Crippen LogP contribution < -0.4 is 0 Å². The second-order valence-electron chi connectivity index (χ2n) is 8.36. The molecule has 2 nitrogen and oxygen atoms in total. The average molecular weight is 415 g/mol. The number of aliphatic hydroxyl groups is 2. The van der Waals surface area contributed by atoms with Gasteiger partial charge in [0.05, 0.1) is 0 Å². The molecule has 0 saturated carbocycles. The summed E-state index contributed by atoms with van der Waals surface area (Å²) in [6, 6.07) is 9.10. The summed E-state index contributed by atoms with van der Waals surface area (Å²) in [5.41, 5.74) is 11.3. The summed E-state index contributed by atoms with van der Waals surface area (Å²) in [5.74, 6) is 0. The minimum absolute atomic E-state index is 0.284. The van der Waals surface area contributed by atoms with Crippen LogP contribution in [0.1, 0.15) is 84.0 Å². The van der Waals surface area contributed by atoms with E-state index < -0.39 is 0 Å². The topological polar surface area (TPSA) is 40.5 Å². The molecule has 0 radical (unpaired) electrons. The van der Waals surface area contributed by atoms with Crippen molar-refractivity contribution in [3.05, 3.63) is 68.8 Å². The first-order valence-corrected chi connectivity index (χ1v) is 11.6. The summed E-state index contributed by atoms with van der Waals surface area (Å²) in [6.07, 6.45) is 6.55. The highest BCUT2D eigenvalue weighted by Gasteiger charge is 2.01. The lowest BCUT2D eigenvalue weighted by molar-refractivity contribution is 0.288. The molecule has 0 spiro atoms. The number of benzene rings is 2. The summed E-state index contributed by atoms with van der Waals surface area (Å²) in [6.45, 7) is 17.8. The van der Waals surface area contributed by atoms with Crippen LogP contribution in [-0.2, 0) is 12.8 Å². The molecule has 0 fully saturated rings. The van der Waals surface area contributed by atoms with E-state index in [0.717, 1.165) is 19.3 Å². The Hall–Kier alpha value is -1.64. The van der Waals surface area contributed by atoms with Crippen molar-refractivity contribution in [1.29, 1.82) is 0 Å². The number of aryl methyl sites for hydroxylation is 6. The van der Waals surface area contributed by atoms with Gasteiger partial charge < -0.3 is 10.2 Å². The molecule has 0 bridgehead atoms. The molecule has 2 aromatic carbocycles. The highest BCUT2D eigenvalue weighted by Crippen LogP contribution is 2.17. The normalized spacial score (nSPS) is 10.1. The van der Waals surface area contributed by atoms with Gasteiger partial charge in [0.1, 0.15) is 0 Å². The molecule has 0 amide bonds. The molecule has 30 heavy (non-hydrogen) atoms. The zero-order valence-corrected chi connectivity index (χ0v) is 20.9. The van der Waals surface area contributed by atoms with Crippen LogP contribution in [0.4, 0.5) is 0 Å². The van der Waals surface area contributed by atoms with Gasteiger partial charge in [-0.1, -0.05) is 44.5 Å². The standard InChI is InChI=1S/C13H20.C12H18O.C3H8O/c1-5-6-7-13-8-10(2)12(4)11(3)9-13;1-9-7-12(5-4-6-13)8-10(2)11(9)3;1-2-3-4/h8-9H,5-7H2,1-4H3;7-8,13H,4-6H2,1-3H3;4H,2-3H2,1H3. The third-order valence-corrected chi connectivity index (χ3v) is 5.64. The summed E-state index contributed by atoms with van der Waals surface area (Å²) in [5, 5.41) is 16.6. The van der Waals surface area contributed by atoms with Crippen LogP contribution in [0.2, 0.25) is 0 Å². The van der Waals surface area contributed by atoms with E-state index in [4.69, 9.17) is 10.2 Å². The quantitative estimate of drug-likeness (QED) is 0.518. The predicted molar refractivity (Wildman–Crippen MR) is 133 cm³/mol. The highest BCUT2D eigenvalue weighted by molar-refractivity contribution is 5.37. The van der Waals surface area contributed by atoms with Gasteiger partial charge in [0.2, 0.25) is 0 Å². The molecule has 2 N–H and O–H groups in total. The van der Waals surface area contributed by atoms with E-state index >= 15 is 0 Å². The molecular weight excluding hydrogens is 368 g/mol. The second-order valence-corrected chi connectivity index (χ2v) is 8.36. The Labute approximate surface area is 186 Å². The lowest BCUT2D eigenvalue weighted by Gasteiger charge is -2.08. The van der Waals surface area contributed by atoms with Gasteiger partial charge in [-0.3, -0.25) is 0 Å². The van der Waals surface area contributed by atoms with Crippen molar-refractivity contribution >= 4 is 0 Å². The highest BCUT2D eigenvalue weighted by atomic mass is 16.3. The van der Waals surface area contributed by atoms with Gasteiger partial charge in [-0.05, 0) is 118 Å². The van der Waals surface area contributed by atoms with E-state index in [1.54, 1.807) is 0 Å². The Bertz CT molecular complexity index is 622. The fraction of sp³-hybridized carbons (Fsp3) is 0.571. The molecule has 0 atom stereocenters. The van der Waals surface area contributed by atoms with Gasteiger partial charge in [-0.2, -0.15) is 0 Å². The molecule has 0 aromatic heterocycles. The number of aliphatic hydroxyl groups excluding tert-OH is 2. The van der Waals surface area contributed by atoms with Gasteiger partial charge >= 0.3 is 0 Å². The van der Waals surface area contributed by atoms with Crippen molar-refractivity contribution in [3.8, 4) is 0 Å². The molecular formula is C28H46O2. The third-order valence-electron chi connectivity index (χ3n) is 5.64. The zero-order chi connectivity index (χ0) is 23.1. The van der Waals surface area contributed by atoms with Gasteiger partial charge in [-0.25, -0.2) is 0 Å². The first kappa shape index (κ1) is 28.4. The summed E-state index contributed by atoms with van der Waals surface area (Å²) >= 11 is 0. The zero-order valence-electron chi connectivity index (χ0n) is 20.9. The Morgan fingerprint density at radius 2 is 0.867 bits per heavy atom. The van der Waals surface area contributed by atoms with Crippen molar-refractivity contribution in [2.24, 2.45) is 0 Å². The molecule has 0 aliphatic rings. The van der Waals surface area contributed by atoms with Gasteiger partial charge in [0, 0.05) is 13.2 Å². The third kappa shape index (κ3) is 10.9. The maximum Gasteiger partial charge on any atom is 0.0434 e. The molecule has 0 unspecified atom stereocenters. The lowest BCUT2D eigenvalue weighted by Crippen LogP contribution is -1.94. The SMILES string of the molecule is CCCCc1cc(C)c(C)c(C)c1.CCCO.Cc1cc(CCCO)cc(C)c1C. The lowest BCUT2D eigenvalue weighted by atomic mass is 9.98. The van der Waals surface area contributed by atoms with E-state index in [1.807, 2.05) is 6.92 Å².